The van der Waals surface area contributed by atoms with Gasteiger partial charge in [-0.3, -0.25) is 14.4 Å². The molecule has 0 aromatic heterocycles. The Morgan fingerprint density at radius 1 is 1.04 bits per heavy atom. The molecule has 0 radical (unpaired) electrons. The number of hydrogen-bond acceptors (Lipinski definition) is 4. The minimum Gasteiger partial charge on any atom is -0.481 e. The smallest absolute Gasteiger partial charge is 0.308 e. The average molecular weight is 382 g/mol. The standard InChI is InChI=1S/C21H22N2O5/c24-19(23-12-4-5-16(14-23)21(26)27)13-22-20(25)15-8-10-18(11-9-15)28-17-6-2-1-3-7-17/h1-3,6-11,16H,4-5,12-14H2,(H,22,25)(H,26,27). The number of aliphatic carboxylic acids is 1. The van der Waals surface area contributed by atoms with E-state index in [9.17, 15) is 14.4 Å². The van der Waals surface area contributed by atoms with E-state index in [1.807, 2.05) is 30.3 Å². The van der Waals surface area contributed by atoms with Crippen molar-refractivity contribution < 1.29 is 24.2 Å². The van der Waals surface area contributed by atoms with Crippen molar-refractivity contribution in [3.8, 4) is 11.5 Å². The molecule has 2 amide bonds. The highest BCUT2D eigenvalue weighted by Crippen LogP contribution is 2.21. The van der Waals surface area contributed by atoms with Crippen LogP contribution in [0.1, 0.15) is 23.2 Å². The highest BCUT2D eigenvalue weighted by atomic mass is 16.5. The Morgan fingerprint density at radius 3 is 2.39 bits per heavy atom. The third-order valence-corrected chi connectivity index (χ3v) is 4.62. The molecule has 0 spiro atoms. The van der Waals surface area contributed by atoms with Crippen LogP contribution in [-0.2, 0) is 9.59 Å². The van der Waals surface area contributed by atoms with E-state index >= 15 is 0 Å². The fourth-order valence-corrected chi connectivity index (χ4v) is 3.07. The molecule has 2 N–H and O–H groups in total. The van der Waals surface area contributed by atoms with Crippen molar-refractivity contribution in [3.63, 3.8) is 0 Å². The Bertz CT molecular complexity index is 836. The first kappa shape index (κ1) is 19.4. The highest BCUT2D eigenvalue weighted by molar-refractivity contribution is 5.96. The summed E-state index contributed by atoms with van der Waals surface area (Å²) in [6.07, 6.45) is 1.22. The maximum atomic E-state index is 12.3. The Hall–Kier alpha value is -3.35. The van der Waals surface area contributed by atoms with Crippen molar-refractivity contribution in [1.82, 2.24) is 10.2 Å². The fraction of sp³-hybridized carbons (Fsp3) is 0.286. The molecule has 1 unspecified atom stereocenters. The van der Waals surface area contributed by atoms with Crippen LogP contribution >= 0.6 is 0 Å². The van der Waals surface area contributed by atoms with Gasteiger partial charge >= 0.3 is 5.97 Å². The van der Waals surface area contributed by atoms with E-state index in [1.165, 1.54) is 4.90 Å². The Kier molecular flexibility index (Phi) is 6.26. The molecule has 0 saturated carbocycles. The van der Waals surface area contributed by atoms with Gasteiger partial charge in [-0.25, -0.2) is 0 Å². The van der Waals surface area contributed by atoms with Crippen molar-refractivity contribution in [3.05, 3.63) is 60.2 Å². The van der Waals surface area contributed by atoms with E-state index in [2.05, 4.69) is 5.32 Å². The van der Waals surface area contributed by atoms with Gasteiger partial charge in [0.2, 0.25) is 5.91 Å². The maximum Gasteiger partial charge on any atom is 0.308 e. The number of hydrogen-bond donors (Lipinski definition) is 2. The highest BCUT2D eigenvalue weighted by Gasteiger charge is 2.28. The molecule has 1 fully saturated rings. The van der Waals surface area contributed by atoms with Crippen molar-refractivity contribution in [2.45, 2.75) is 12.8 Å². The second kappa shape index (κ2) is 9.03. The molecule has 28 heavy (non-hydrogen) atoms. The summed E-state index contributed by atoms with van der Waals surface area (Å²) in [7, 11) is 0. The molecule has 3 rings (SSSR count). The van der Waals surface area contributed by atoms with Crippen LogP contribution < -0.4 is 10.1 Å². The molecule has 146 valence electrons. The molecule has 7 heteroatoms. The van der Waals surface area contributed by atoms with E-state index in [0.29, 0.717) is 36.4 Å². The summed E-state index contributed by atoms with van der Waals surface area (Å²) >= 11 is 0. The van der Waals surface area contributed by atoms with Crippen LogP contribution in [-0.4, -0.2) is 47.4 Å². The lowest BCUT2D eigenvalue weighted by Crippen LogP contribution is -2.46. The van der Waals surface area contributed by atoms with E-state index < -0.39 is 11.9 Å². The lowest BCUT2D eigenvalue weighted by molar-refractivity contribution is -0.145. The summed E-state index contributed by atoms with van der Waals surface area (Å²) in [4.78, 5) is 37.1. The van der Waals surface area contributed by atoms with Gasteiger partial charge in [-0.1, -0.05) is 18.2 Å². The Labute approximate surface area is 162 Å². The number of likely N-dealkylation sites (tertiary alicyclic amines) is 1. The third-order valence-electron chi connectivity index (χ3n) is 4.62. The molecule has 1 aliphatic rings. The number of carboxylic acid groups (broad SMARTS) is 1. The number of nitrogens with one attached hydrogen (secondary N) is 1. The fourth-order valence-electron chi connectivity index (χ4n) is 3.07. The molecule has 2 aromatic rings. The molecule has 2 aromatic carbocycles. The number of carbonyl (C=O) groups excluding carboxylic acids is 2. The number of carboxylic acids is 1. The van der Waals surface area contributed by atoms with Crippen LogP contribution in [0.2, 0.25) is 0 Å². The molecule has 7 nitrogen and oxygen atoms in total. The summed E-state index contributed by atoms with van der Waals surface area (Å²) < 4.78 is 5.68. The minimum absolute atomic E-state index is 0.159. The molecule has 1 atom stereocenters. The van der Waals surface area contributed by atoms with E-state index in [4.69, 9.17) is 9.84 Å². The molecule has 1 aliphatic heterocycles. The number of rotatable bonds is 6. The summed E-state index contributed by atoms with van der Waals surface area (Å²) in [6, 6.07) is 15.9. The largest absolute Gasteiger partial charge is 0.481 e. The summed E-state index contributed by atoms with van der Waals surface area (Å²) in [5.41, 5.74) is 0.412. The van der Waals surface area contributed by atoms with Gasteiger partial charge in [-0.05, 0) is 49.2 Å². The van der Waals surface area contributed by atoms with Crippen molar-refractivity contribution in [2.75, 3.05) is 19.6 Å². The summed E-state index contributed by atoms with van der Waals surface area (Å²) in [6.45, 7) is 0.549. The van der Waals surface area contributed by atoms with Crippen LogP contribution in [0.3, 0.4) is 0 Å². The zero-order chi connectivity index (χ0) is 19.9. The number of carbonyl (C=O) groups is 3. The first-order valence-electron chi connectivity index (χ1n) is 9.14. The first-order chi connectivity index (χ1) is 13.5. The zero-order valence-electron chi connectivity index (χ0n) is 15.3. The van der Waals surface area contributed by atoms with Crippen LogP contribution in [0.5, 0.6) is 11.5 Å². The zero-order valence-corrected chi connectivity index (χ0v) is 15.3. The van der Waals surface area contributed by atoms with E-state index in [1.54, 1.807) is 24.3 Å². The number of amides is 2. The topological polar surface area (TPSA) is 95.9 Å². The monoisotopic (exact) mass is 382 g/mol. The number of benzene rings is 2. The van der Waals surface area contributed by atoms with Crippen LogP contribution in [0.25, 0.3) is 0 Å². The van der Waals surface area contributed by atoms with Crippen LogP contribution in [0.4, 0.5) is 0 Å². The lowest BCUT2D eigenvalue weighted by Gasteiger charge is -2.30. The third kappa shape index (κ3) is 5.09. The second-order valence-electron chi connectivity index (χ2n) is 6.64. The molecule has 1 saturated heterocycles. The summed E-state index contributed by atoms with van der Waals surface area (Å²) in [5, 5.41) is 11.7. The molecule has 1 heterocycles. The Morgan fingerprint density at radius 2 is 1.71 bits per heavy atom. The van der Waals surface area contributed by atoms with Gasteiger partial charge in [0.15, 0.2) is 0 Å². The van der Waals surface area contributed by atoms with Gasteiger partial charge in [0.1, 0.15) is 11.5 Å². The van der Waals surface area contributed by atoms with E-state index in [0.717, 1.165) is 0 Å². The predicted octanol–water partition coefficient (Wildman–Crippen LogP) is 2.53. The minimum atomic E-state index is -0.889. The van der Waals surface area contributed by atoms with Gasteiger partial charge < -0.3 is 20.1 Å². The number of ether oxygens (including phenoxy) is 1. The summed E-state index contributed by atoms with van der Waals surface area (Å²) in [5.74, 6) is -0.766. The molecule has 0 aliphatic carbocycles. The van der Waals surface area contributed by atoms with Gasteiger partial charge in [0.05, 0.1) is 12.5 Å². The van der Waals surface area contributed by atoms with Gasteiger partial charge in [0.25, 0.3) is 5.91 Å². The number of para-hydroxylation sites is 1. The molecular formula is C21H22N2O5. The maximum absolute atomic E-state index is 12.3. The molecular weight excluding hydrogens is 360 g/mol. The predicted molar refractivity (Wildman–Crippen MR) is 102 cm³/mol. The number of piperidine rings is 1. The number of nitrogens with zero attached hydrogens (tertiary/aromatic N) is 1. The van der Waals surface area contributed by atoms with Gasteiger partial charge in [-0.15, -0.1) is 0 Å². The Balaban J connectivity index is 1.50. The van der Waals surface area contributed by atoms with Crippen LogP contribution in [0.15, 0.2) is 54.6 Å². The molecule has 0 bridgehead atoms. The van der Waals surface area contributed by atoms with Crippen molar-refractivity contribution in [1.29, 1.82) is 0 Å². The van der Waals surface area contributed by atoms with Crippen molar-refractivity contribution >= 4 is 17.8 Å². The van der Waals surface area contributed by atoms with Gasteiger partial charge in [-0.2, -0.15) is 0 Å². The SMILES string of the molecule is O=C(NCC(=O)N1CCCC(C(=O)O)C1)c1ccc(Oc2ccccc2)cc1. The second-order valence-corrected chi connectivity index (χ2v) is 6.64. The van der Waals surface area contributed by atoms with Crippen LogP contribution in [0, 0.1) is 5.92 Å². The lowest BCUT2D eigenvalue weighted by atomic mass is 9.98. The average Bonchev–Trinajstić information content (AvgIpc) is 2.73. The first-order valence-corrected chi connectivity index (χ1v) is 9.14. The normalized spacial score (nSPS) is 16.3. The van der Waals surface area contributed by atoms with Crippen molar-refractivity contribution in [2.24, 2.45) is 5.92 Å². The van der Waals surface area contributed by atoms with Gasteiger partial charge in [0, 0.05) is 18.7 Å². The quantitative estimate of drug-likeness (QED) is 0.800. The van der Waals surface area contributed by atoms with E-state index in [-0.39, 0.29) is 24.9 Å².